The highest BCUT2D eigenvalue weighted by Crippen LogP contribution is 2.36. The number of nitro groups is 1. The molecule has 1 saturated carbocycles. The molecular formula is C14H21N3O3. The molecule has 0 saturated heterocycles. The molecule has 1 aromatic rings. The van der Waals surface area contributed by atoms with Crippen molar-refractivity contribution in [2.45, 2.75) is 38.8 Å². The van der Waals surface area contributed by atoms with E-state index in [1.807, 2.05) is 13.8 Å². The van der Waals surface area contributed by atoms with Crippen LogP contribution in [0.4, 0.5) is 11.4 Å². The standard InChI is InChI=1S/C14H21N3O3/c1-9(2)20-13-5-3-4-12(14(13)17(18)19)16-8-11(15)10-6-7-10/h3-5,9-11,16H,6-8,15H2,1-2H3. The molecule has 1 aliphatic carbocycles. The molecule has 6 nitrogen and oxygen atoms in total. The van der Waals surface area contributed by atoms with E-state index in [1.54, 1.807) is 18.2 Å². The minimum atomic E-state index is -0.414. The average molecular weight is 279 g/mol. The lowest BCUT2D eigenvalue weighted by atomic mass is 10.2. The summed E-state index contributed by atoms with van der Waals surface area (Å²) in [4.78, 5) is 10.9. The van der Waals surface area contributed by atoms with Crippen LogP contribution in [0.2, 0.25) is 0 Å². The molecule has 1 fully saturated rings. The molecule has 2 rings (SSSR count). The third-order valence-electron chi connectivity index (χ3n) is 3.30. The Morgan fingerprint density at radius 3 is 2.75 bits per heavy atom. The van der Waals surface area contributed by atoms with Crippen LogP contribution in [0.15, 0.2) is 18.2 Å². The molecular weight excluding hydrogens is 258 g/mol. The molecule has 110 valence electrons. The van der Waals surface area contributed by atoms with Gasteiger partial charge in [-0.25, -0.2) is 0 Å². The van der Waals surface area contributed by atoms with Crippen molar-refractivity contribution in [3.8, 4) is 5.75 Å². The second kappa shape index (κ2) is 6.09. The monoisotopic (exact) mass is 279 g/mol. The van der Waals surface area contributed by atoms with Crippen molar-refractivity contribution in [2.75, 3.05) is 11.9 Å². The van der Waals surface area contributed by atoms with Gasteiger partial charge in [0.25, 0.3) is 0 Å². The smallest absolute Gasteiger partial charge is 0.333 e. The quantitative estimate of drug-likeness (QED) is 0.591. The first-order valence-corrected chi connectivity index (χ1v) is 6.92. The van der Waals surface area contributed by atoms with E-state index in [9.17, 15) is 10.1 Å². The van der Waals surface area contributed by atoms with E-state index >= 15 is 0 Å². The van der Waals surface area contributed by atoms with E-state index in [-0.39, 0.29) is 23.6 Å². The number of para-hydroxylation sites is 1. The number of nitrogens with one attached hydrogen (secondary N) is 1. The van der Waals surface area contributed by atoms with E-state index in [4.69, 9.17) is 10.5 Å². The molecule has 0 radical (unpaired) electrons. The van der Waals surface area contributed by atoms with E-state index < -0.39 is 4.92 Å². The van der Waals surface area contributed by atoms with Crippen molar-refractivity contribution in [3.05, 3.63) is 28.3 Å². The molecule has 6 heteroatoms. The number of nitrogens with two attached hydrogens (primary N) is 1. The number of anilines is 1. The molecule has 1 atom stereocenters. The van der Waals surface area contributed by atoms with Crippen LogP contribution >= 0.6 is 0 Å². The summed E-state index contributed by atoms with van der Waals surface area (Å²) in [5, 5.41) is 14.4. The SMILES string of the molecule is CC(C)Oc1cccc(NCC(N)C2CC2)c1[N+](=O)[O-]. The van der Waals surface area contributed by atoms with Crippen LogP contribution in [-0.2, 0) is 0 Å². The maximum atomic E-state index is 11.3. The van der Waals surface area contributed by atoms with Gasteiger partial charge in [-0.3, -0.25) is 10.1 Å². The minimum absolute atomic E-state index is 0.0239. The summed E-state index contributed by atoms with van der Waals surface area (Å²) < 4.78 is 5.50. The first-order chi connectivity index (χ1) is 9.49. The molecule has 0 heterocycles. The minimum Gasteiger partial charge on any atom is -0.484 e. The van der Waals surface area contributed by atoms with Gasteiger partial charge in [-0.05, 0) is 44.7 Å². The Labute approximate surface area is 118 Å². The molecule has 1 aliphatic rings. The van der Waals surface area contributed by atoms with Crippen LogP contribution in [0.3, 0.4) is 0 Å². The van der Waals surface area contributed by atoms with Gasteiger partial charge < -0.3 is 15.8 Å². The summed E-state index contributed by atoms with van der Waals surface area (Å²) in [5.74, 6) is 0.839. The van der Waals surface area contributed by atoms with Crippen LogP contribution < -0.4 is 15.8 Å². The second-order valence-electron chi connectivity index (χ2n) is 5.46. The normalized spacial score (nSPS) is 16.0. The van der Waals surface area contributed by atoms with Crippen LogP contribution in [0.1, 0.15) is 26.7 Å². The Balaban J connectivity index is 2.15. The summed E-state index contributed by atoms with van der Waals surface area (Å²) in [5.41, 5.74) is 6.45. The molecule has 20 heavy (non-hydrogen) atoms. The Morgan fingerprint density at radius 2 is 2.20 bits per heavy atom. The molecule has 0 amide bonds. The zero-order valence-corrected chi connectivity index (χ0v) is 11.8. The van der Waals surface area contributed by atoms with E-state index in [1.165, 1.54) is 0 Å². The fraction of sp³-hybridized carbons (Fsp3) is 0.571. The number of hydrogen-bond donors (Lipinski definition) is 2. The number of nitrogens with zero attached hydrogens (tertiary/aromatic N) is 1. The van der Waals surface area contributed by atoms with Gasteiger partial charge in [0.2, 0.25) is 0 Å². The van der Waals surface area contributed by atoms with Crippen molar-refractivity contribution < 1.29 is 9.66 Å². The van der Waals surface area contributed by atoms with Crippen molar-refractivity contribution >= 4 is 11.4 Å². The van der Waals surface area contributed by atoms with Crippen LogP contribution in [0.25, 0.3) is 0 Å². The average Bonchev–Trinajstić information content (AvgIpc) is 3.19. The van der Waals surface area contributed by atoms with Gasteiger partial charge in [0.15, 0.2) is 5.75 Å². The maximum absolute atomic E-state index is 11.3. The lowest BCUT2D eigenvalue weighted by molar-refractivity contribution is -0.385. The van der Waals surface area contributed by atoms with Gasteiger partial charge in [-0.1, -0.05) is 6.07 Å². The molecule has 0 bridgehead atoms. The zero-order chi connectivity index (χ0) is 14.7. The number of ether oxygens (including phenoxy) is 1. The predicted octanol–water partition coefficient (Wildman–Crippen LogP) is 2.53. The first kappa shape index (κ1) is 14.6. The molecule has 1 aromatic carbocycles. The summed E-state index contributed by atoms with van der Waals surface area (Å²) in [6.07, 6.45) is 2.20. The second-order valence-corrected chi connectivity index (χ2v) is 5.46. The lowest BCUT2D eigenvalue weighted by Crippen LogP contribution is -2.31. The van der Waals surface area contributed by atoms with E-state index in [0.717, 1.165) is 12.8 Å². The highest BCUT2D eigenvalue weighted by Gasteiger charge is 2.29. The van der Waals surface area contributed by atoms with Crippen molar-refractivity contribution in [1.82, 2.24) is 0 Å². The number of benzene rings is 1. The summed E-state index contributed by atoms with van der Waals surface area (Å²) in [6, 6.07) is 5.09. The Bertz CT molecular complexity index is 487. The van der Waals surface area contributed by atoms with E-state index in [0.29, 0.717) is 18.2 Å². The Kier molecular flexibility index (Phi) is 4.44. The predicted molar refractivity (Wildman–Crippen MR) is 78.0 cm³/mol. The molecule has 1 unspecified atom stereocenters. The maximum Gasteiger partial charge on any atom is 0.333 e. The summed E-state index contributed by atoms with van der Waals surface area (Å²) in [7, 11) is 0. The third-order valence-corrected chi connectivity index (χ3v) is 3.30. The van der Waals surface area contributed by atoms with Crippen molar-refractivity contribution in [1.29, 1.82) is 0 Å². The lowest BCUT2D eigenvalue weighted by Gasteiger charge is -2.15. The van der Waals surface area contributed by atoms with Gasteiger partial charge in [-0.2, -0.15) is 0 Å². The fourth-order valence-electron chi connectivity index (χ4n) is 2.12. The van der Waals surface area contributed by atoms with Crippen molar-refractivity contribution in [3.63, 3.8) is 0 Å². The van der Waals surface area contributed by atoms with Gasteiger partial charge >= 0.3 is 5.69 Å². The van der Waals surface area contributed by atoms with Crippen LogP contribution in [-0.4, -0.2) is 23.6 Å². The topological polar surface area (TPSA) is 90.4 Å². The largest absolute Gasteiger partial charge is 0.484 e. The van der Waals surface area contributed by atoms with Crippen molar-refractivity contribution in [2.24, 2.45) is 11.7 Å². The summed E-state index contributed by atoms with van der Waals surface area (Å²) >= 11 is 0. The van der Waals surface area contributed by atoms with Gasteiger partial charge in [-0.15, -0.1) is 0 Å². The first-order valence-electron chi connectivity index (χ1n) is 6.92. The highest BCUT2D eigenvalue weighted by atomic mass is 16.6. The zero-order valence-electron chi connectivity index (χ0n) is 11.8. The van der Waals surface area contributed by atoms with Gasteiger partial charge in [0.1, 0.15) is 5.69 Å². The Hall–Kier alpha value is -1.82. The van der Waals surface area contributed by atoms with Crippen LogP contribution in [0, 0.1) is 16.0 Å². The highest BCUT2D eigenvalue weighted by molar-refractivity contribution is 5.68. The molecule has 0 aliphatic heterocycles. The number of rotatable bonds is 7. The number of hydrogen-bond acceptors (Lipinski definition) is 5. The van der Waals surface area contributed by atoms with Gasteiger partial charge in [0.05, 0.1) is 11.0 Å². The van der Waals surface area contributed by atoms with Gasteiger partial charge in [0, 0.05) is 12.6 Å². The molecule has 3 N–H and O–H groups in total. The molecule has 0 spiro atoms. The molecule has 0 aromatic heterocycles. The number of nitro benzene ring substituents is 1. The van der Waals surface area contributed by atoms with E-state index in [2.05, 4.69) is 5.32 Å². The fourth-order valence-corrected chi connectivity index (χ4v) is 2.12. The van der Waals surface area contributed by atoms with Crippen LogP contribution in [0.5, 0.6) is 5.75 Å². The third kappa shape index (κ3) is 3.60. The Morgan fingerprint density at radius 1 is 1.50 bits per heavy atom. The summed E-state index contributed by atoms with van der Waals surface area (Å²) in [6.45, 7) is 4.22.